The third-order valence-electron chi connectivity index (χ3n) is 5.43. The van der Waals surface area contributed by atoms with E-state index >= 15 is 0 Å². The topological polar surface area (TPSA) is 40.6 Å². The number of piperidine rings is 1. The van der Waals surface area contributed by atoms with Crippen LogP contribution in [0.4, 0.5) is 0 Å². The van der Waals surface area contributed by atoms with E-state index in [0.29, 0.717) is 12.1 Å². The Morgan fingerprint density at radius 2 is 1.64 bits per heavy atom. The average molecular weight is 372 g/mol. The Balaban J connectivity index is 1.45. The molecule has 0 saturated carbocycles. The van der Waals surface area contributed by atoms with Gasteiger partial charge in [0.15, 0.2) is 0 Å². The van der Waals surface area contributed by atoms with Gasteiger partial charge in [0, 0.05) is 36.3 Å². The zero-order valence-electron chi connectivity index (χ0n) is 16.0. The number of amides is 2. The van der Waals surface area contributed by atoms with Crippen LogP contribution in [-0.2, 0) is 11.2 Å². The molecular formula is C24H24N2O2. The van der Waals surface area contributed by atoms with Crippen LogP contribution >= 0.6 is 0 Å². The molecule has 4 nitrogen and oxygen atoms in total. The Labute approximate surface area is 166 Å². The van der Waals surface area contributed by atoms with Crippen LogP contribution in [0.1, 0.15) is 46.3 Å². The Morgan fingerprint density at radius 3 is 2.43 bits per heavy atom. The molecule has 4 heteroatoms. The predicted octanol–water partition coefficient (Wildman–Crippen LogP) is 3.10. The standard InChI is InChI=1S/C24H24N2O2/c27-23(25-14-5-2-6-15-25)18-26-16-13-21-17-20(11-12-22(21)24(26)28)10-9-19-7-3-1-4-8-19/h1,3-4,7-8,11-12,17H,2,5-6,13-16,18H2. The second-order valence-corrected chi connectivity index (χ2v) is 7.41. The summed E-state index contributed by atoms with van der Waals surface area (Å²) in [5, 5.41) is 0. The molecular weight excluding hydrogens is 348 g/mol. The number of hydrogen-bond donors (Lipinski definition) is 0. The summed E-state index contributed by atoms with van der Waals surface area (Å²) < 4.78 is 0. The molecule has 2 aromatic rings. The molecule has 28 heavy (non-hydrogen) atoms. The second kappa shape index (κ2) is 8.31. The number of rotatable bonds is 2. The number of fused-ring (bicyclic) bond motifs is 1. The minimum absolute atomic E-state index is 0.0471. The van der Waals surface area contributed by atoms with Gasteiger partial charge in [0.05, 0.1) is 0 Å². The molecule has 0 aromatic heterocycles. The van der Waals surface area contributed by atoms with Crippen molar-refractivity contribution in [2.24, 2.45) is 0 Å². The minimum atomic E-state index is -0.0471. The normalized spacial score (nSPS) is 16.2. The Bertz CT molecular complexity index is 934. The van der Waals surface area contributed by atoms with Gasteiger partial charge in [0.25, 0.3) is 5.91 Å². The molecule has 2 aliphatic heterocycles. The summed E-state index contributed by atoms with van der Waals surface area (Å²) in [5.74, 6) is 6.36. The fraction of sp³-hybridized carbons (Fsp3) is 0.333. The van der Waals surface area contributed by atoms with Crippen LogP contribution in [0.15, 0.2) is 48.5 Å². The van der Waals surface area contributed by atoms with Gasteiger partial charge in [0.2, 0.25) is 5.91 Å². The van der Waals surface area contributed by atoms with Gasteiger partial charge < -0.3 is 9.80 Å². The first kappa shape index (κ1) is 18.3. The molecule has 0 unspecified atom stereocenters. The van der Waals surface area contributed by atoms with E-state index in [2.05, 4.69) is 11.8 Å². The highest BCUT2D eigenvalue weighted by Gasteiger charge is 2.27. The second-order valence-electron chi connectivity index (χ2n) is 7.41. The SMILES string of the molecule is O=C(CN1CCc2cc(C#Cc3ccccc3)ccc2C1=O)N1CCCCC1. The summed E-state index contributed by atoms with van der Waals surface area (Å²) in [5.41, 5.74) is 3.60. The third-order valence-corrected chi connectivity index (χ3v) is 5.43. The van der Waals surface area contributed by atoms with Gasteiger partial charge in [-0.1, -0.05) is 30.0 Å². The minimum Gasteiger partial charge on any atom is -0.341 e. The molecule has 2 amide bonds. The summed E-state index contributed by atoms with van der Waals surface area (Å²) >= 11 is 0. The molecule has 0 radical (unpaired) electrons. The van der Waals surface area contributed by atoms with Gasteiger partial charge in [-0.3, -0.25) is 9.59 Å². The maximum atomic E-state index is 12.8. The Hall–Kier alpha value is -3.06. The number of carbonyl (C=O) groups is 2. The quantitative estimate of drug-likeness (QED) is 0.760. The fourth-order valence-electron chi connectivity index (χ4n) is 3.84. The number of likely N-dealkylation sites (tertiary alicyclic amines) is 1. The lowest BCUT2D eigenvalue weighted by Gasteiger charge is -2.32. The largest absolute Gasteiger partial charge is 0.341 e. The van der Waals surface area contributed by atoms with E-state index in [9.17, 15) is 9.59 Å². The molecule has 0 aliphatic carbocycles. The summed E-state index contributed by atoms with van der Waals surface area (Å²) in [4.78, 5) is 28.9. The van der Waals surface area contributed by atoms with Crippen molar-refractivity contribution in [3.63, 3.8) is 0 Å². The van der Waals surface area contributed by atoms with E-state index in [1.54, 1.807) is 4.90 Å². The molecule has 0 N–H and O–H groups in total. The maximum Gasteiger partial charge on any atom is 0.254 e. The number of nitrogens with zero attached hydrogens (tertiary/aromatic N) is 2. The van der Waals surface area contributed by atoms with E-state index in [4.69, 9.17) is 0 Å². The van der Waals surface area contributed by atoms with Crippen molar-refractivity contribution in [1.29, 1.82) is 0 Å². The van der Waals surface area contributed by atoms with Crippen LogP contribution in [0.5, 0.6) is 0 Å². The molecule has 142 valence electrons. The van der Waals surface area contributed by atoms with E-state index in [1.165, 1.54) is 6.42 Å². The molecule has 2 aliphatic rings. The molecule has 0 spiro atoms. The van der Waals surface area contributed by atoms with E-state index in [1.807, 2.05) is 53.4 Å². The number of carbonyl (C=O) groups excluding carboxylic acids is 2. The smallest absolute Gasteiger partial charge is 0.254 e. The molecule has 1 saturated heterocycles. The van der Waals surface area contributed by atoms with Crippen molar-refractivity contribution in [3.8, 4) is 11.8 Å². The van der Waals surface area contributed by atoms with Gasteiger partial charge in [-0.2, -0.15) is 0 Å². The highest BCUT2D eigenvalue weighted by molar-refractivity contribution is 5.98. The summed E-state index contributed by atoms with van der Waals surface area (Å²) in [6.45, 7) is 2.41. The Kier molecular flexibility index (Phi) is 5.43. The first-order chi connectivity index (χ1) is 13.7. The predicted molar refractivity (Wildman–Crippen MR) is 109 cm³/mol. The van der Waals surface area contributed by atoms with E-state index < -0.39 is 0 Å². The van der Waals surface area contributed by atoms with Crippen LogP contribution in [-0.4, -0.2) is 47.8 Å². The average Bonchev–Trinajstić information content (AvgIpc) is 2.75. The molecule has 0 bridgehead atoms. The molecule has 2 aromatic carbocycles. The van der Waals surface area contributed by atoms with E-state index in [0.717, 1.165) is 49.0 Å². The highest BCUT2D eigenvalue weighted by Crippen LogP contribution is 2.21. The van der Waals surface area contributed by atoms with Crippen LogP contribution in [0, 0.1) is 11.8 Å². The van der Waals surface area contributed by atoms with Gasteiger partial charge in [-0.15, -0.1) is 0 Å². The molecule has 1 fully saturated rings. The first-order valence-corrected chi connectivity index (χ1v) is 9.98. The lowest BCUT2D eigenvalue weighted by Crippen LogP contribution is -2.46. The van der Waals surface area contributed by atoms with Gasteiger partial charge in [-0.25, -0.2) is 0 Å². The van der Waals surface area contributed by atoms with Crippen molar-refractivity contribution in [2.45, 2.75) is 25.7 Å². The lowest BCUT2D eigenvalue weighted by atomic mass is 9.96. The van der Waals surface area contributed by atoms with Gasteiger partial charge in [0.1, 0.15) is 6.54 Å². The van der Waals surface area contributed by atoms with E-state index in [-0.39, 0.29) is 18.4 Å². The lowest BCUT2D eigenvalue weighted by molar-refractivity contribution is -0.132. The summed E-state index contributed by atoms with van der Waals surface area (Å²) in [6, 6.07) is 15.6. The summed E-state index contributed by atoms with van der Waals surface area (Å²) in [6.07, 6.45) is 4.08. The Morgan fingerprint density at radius 1 is 0.893 bits per heavy atom. The van der Waals surface area contributed by atoms with Crippen molar-refractivity contribution in [1.82, 2.24) is 9.80 Å². The summed E-state index contributed by atoms with van der Waals surface area (Å²) in [7, 11) is 0. The van der Waals surface area contributed by atoms with Crippen molar-refractivity contribution < 1.29 is 9.59 Å². The zero-order valence-corrected chi connectivity index (χ0v) is 16.0. The monoisotopic (exact) mass is 372 g/mol. The third kappa shape index (κ3) is 4.09. The zero-order chi connectivity index (χ0) is 19.3. The molecule has 0 atom stereocenters. The van der Waals surface area contributed by atoms with Crippen LogP contribution in [0.2, 0.25) is 0 Å². The van der Waals surface area contributed by atoms with Gasteiger partial charge >= 0.3 is 0 Å². The number of benzene rings is 2. The number of hydrogen-bond acceptors (Lipinski definition) is 2. The van der Waals surface area contributed by atoms with Crippen molar-refractivity contribution in [3.05, 3.63) is 70.8 Å². The highest BCUT2D eigenvalue weighted by atomic mass is 16.2. The van der Waals surface area contributed by atoms with Crippen LogP contribution < -0.4 is 0 Å². The molecule has 2 heterocycles. The van der Waals surface area contributed by atoms with Crippen molar-refractivity contribution in [2.75, 3.05) is 26.2 Å². The van der Waals surface area contributed by atoms with Crippen LogP contribution in [0.3, 0.4) is 0 Å². The van der Waals surface area contributed by atoms with Gasteiger partial charge in [-0.05, 0) is 61.6 Å². The molecule has 4 rings (SSSR count). The van der Waals surface area contributed by atoms with Crippen LogP contribution in [0.25, 0.3) is 0 Å². The fourth-order valence-corrected chi connectivity index (χ4v) is 3.84. The maximum absolute atomic E-state index is 12.8. The first-order valence-electron chi connectivity index (χ1n) is 9.98. The van der Waals surface area contributed by atoms with Crippen molar-refractivity contribution >= 4 is 11.8 Å².